The van der Waals surface area contributed by atoms with Gasteiger partial charge in [-0.1, -0.05) is 0 Å². The van der Waals surface area contributed by atoms with Crippen LogP contribution in [0.25, 0.3) is 0 Å². The summed E-state index contributed by atoms with van der Waals surface area (Å²) in [6, 6.07) is 10.3. The molecular weight excluding hydrogens is 386 g/mol. The lowest BCUT2D eigenvalue weighted by Crippen LogP contribution is -2.40. The topological polar surface area (TPSA) is 112 Å². The molecule has 158 valence electrons. The lowest BCUT2D eigenvalue weighted by molar-refractivity contribution is 0.0924. The molecule has 2 amide bonds. The smallest absolute Gasteiger partial charge is 0.255 e. The summed E-state index contributed by atoms with van der Waals surface area (Å²) in [6.07, 6.45) is 3.56. The van der Waals surface area contributed by atoms with Crippen molar-refractivity contribution in [2.24, 2.45) is 5.73 Å². The van der Waals surface area contributed by atoms with Crippen LogP contribution in [-0.2, 0) is 0 Å². The van der Waals surface area contributed by atoms with Gasteiger partial charge in [0.2, 0.25) is 6.79 Å². The lowest BCUT2D eigenvalue weighted by atomic mass is 9.91. The molecule has 1 fully saturated rings. The van der Waals surface area contributed by atoms with Crippen LogP contribution in [0.2, 0.25) is 0 Å². The van der Waals surface area contributed by atoms with E-state index in [1.165, 1.54) is 7.11 Å². The highest BCUT2D eigenvalue weighted by Crippen LogP contribution is 2.33. The Morgan fingerprint density at radius 3 is 2.43 bits per heavy atom. The highest BCUT2D eigenvalue weighted by atomic mass is 16.7. The van der Waals surface area contributed by atoms with Gasteiger partial charge in [-0.05, 0) is 62.1 Å². The number of amides is 2. The Morgan fingerprint density at radius 1 is 0.967 bits per heavy atom. The summed E-state index contributed by atoms with van der Waals surface area (Å²) in [4.78, 5) is 25.4. The zero-order valence-electron chi connectivity index (χ0n) is 16.8. The number of hydrogen-bond donors (Lipinski definition) is 3. The molecule has 1 heterocycles. The van der Waals surface area contributed by atoms with E-state index in [9.17, 15) is 9.59 Å². The van der Waals surface area contributed by atoms with Crippen LogP contribution in [0.4, 0.5) is 5.69 Å². The summed E-state index contributed by atoms with van der Waals surface area (Å²) >= 11 is 0. The maximum absolute atomic E-state index is 12.7. The number of anilines is 1. The minimum absolute atomic E-state index is 0.117. The van der Waals surface area contributed by atoms with E-state index in [0.717, 1.165) is 25.7 Å². The molecule has 30 heavy (non-hydrogen) atoms. The van der Waals surface area contributed by atoms with E-state index in [0.29, 0.717) is 34.1 Å². The molecule has 0 bridgehead atoms. The number of ether oxygens (including phenoxy) is 3. The third-order valence-electron chi connectivity index (χ3n) is 5.45. The maximum Gasteiger partial charge on any atom is 0.255 e. The van der Waals surface area contributed by atoms with E-state index >= 15 is 0 Å². The molecule has 2 aliphatic rings. The van der Waals surface area contributed by atoms with Crippen LogP contribution < -0.4 is 30.6 Å². The fourth-order valence-electron chi connectivity index (χ4n) is 3.71. The first kappa shape index (κ1) is 20.0. The number of carbonyl (C=O) groups excluding carboxylic acids is 2. The van der Waals surface area contributed by atoms with Crippen LogP contribution >= 0.6 is 0 Å². The molecule has 0 radical (unpaired) electrons. The second kappa shape index (κ2) is 8.62. The van der Waals surface area contributed by atoms with Crippen LogP contribution in [0.5, 0.6) is 17.2 Å². The second-order valence-electron chi connectivity index (χ2n) is 7.52. The van der Waals surface area contributed by atoms with Crippen LogP contribution in [0, 0.1) is 0 Å². The van der Waals surface area contributed by atoms with E-state index < -0.39 is 0 Å². The van der Waals surface area contributed by atoms with Gasteiger partial charge in [0.25, 0.3) is 11.8 Å². The molecule has 8 nitrogen and oxygen atoms in total. The van der Waals surface area contributed by atoms with Crippen molar-refractivity contribution in [1.82, 2.24) is 5.32 Å². The van der Waals surface area contributed by atoms with Crippen molar-refractivity contribution >= 4 is 17.5 Å². The summed E-state index contributed by atoms with van der Waals surface area (Å²) in [5.41, 5.74) is 7.21. The number of benzene rings is 2. The quantitative estimate of drug-likeness (QED) is 0.697. The highest BCUT2D eigenvalue weighted by molar-refractivity contribution is 6.06. The van der Waals surface area contributed by atoms with Crippen molar-refractivity contribution in [2.75, 3.05) is 19.2 Å². The number of hydrogen-bond acceptors (Lipinski definition) is 6. The molecule has 0 atom stereocenters. The standard InChI is InChI=1S/C22H25N3O5/c1-28-18-8-2-13(21(26)24-16-6-4-15(23)5-7-16)10-17(18)25-22(27)14-3-9-19-20(11-14)30-12-29-19/h2-3,8-11,15-16H,4-7,12,23H2,1H3,(H,24,26)(H,25,27). The Balaban J connectivity index is 1.48. The van der Waals surface area contributed by atoms with E-state index in [-0.39, 0.29) is 30.7 Å². The average molecular weight is 411 g/mol. The van der Waals surface area contributed by atoms with Crippen LogP contribution in [0.3, 0.4) is 0 Å². The monoisotopic (exact) mass is 411 g/mol. The Hall–Kier alpha value is -3.26. The van der Waals surface area contributed by atoms with Crippen LogP contribution in [-0.4, -0.2) is 37.8 Å². The third-order valence-corrected chi connectivity index (χ3v) is 5.45. The Bertz CT molecular complexity index is 954. The van der Waals surface area contributed by atoms with Crippen molar-refractivity contribution in [2.45, 2.75) is 37.8 Å². The van der Waals surface area contributed by atoms with Gasteiger partial charge >= 0.3 is 0 Å². The van der Waals surface area contributed by atoms with E-state index in [1.807, 2.05) is 0 Å². The van der Waals surface area contributed by atoms with Gasteiger partial charge in [-0.25, -0.2) is 0 Å². The van der Waals surface area contributed by atoms with Crippen molar-refractivity contribution in [3.05, 3.63) is 47.5 Å². The molecule has 1 aliphatic carbocycles. The molecule has 0 spiro atoms. The molecule has 2 aromatic carbocycles. The predicted octanol–water partition coefficient (Wildman–Crippen LogP) is 2.68. The van der Waals surface area contributed by atoms with Gasteiger partial charge < -0.3 is 30.6 Å². The maximum atomic E-state index is 12.7. The van der Waals surface area contributed by atoms with E-state index in [4.69, 9.17) is 19.9 Å². The van der Waals surface area contributed by atoms with Crippen LogP contribution in [0.1, 0.15) is 46.4 Å². The largest absolute Gasteiger partial charge is 0.495 e. The molecule has 0 saturated heterocycles. The predicted molar refractivity (Wildman–Crippen MR) is 111 cm³/mol. The van der Waals surface area contributed by atoms with Gasteiger partial charge in [-0.15, -0.1) is 0 Å². The van der Waals surface area contributed by atoms with Gasteiger partial charge in [0.05, 0.1) is 12.8 Å². The van der Waals surface area contributed by atoms with Gasteiger partial charge in [0.15, 0.2) is 11.5 Å². The highest BCUT2D eigenvalue weighted by Gasteiger charge is 2.22. The van der Waals surface area contributed by atoms with E-state index in [2.05, 4.69) is 10.6 Å². The number of nitrogens with one attached hydrogen (secondary N) is 2. The van der Waals surface area contributed by atoms with Gasteiger partial charge in [0.1, 0.15) is 5.75 Å². The molecule has 0 aromatic heterocycles. The molecule has 1 saturated carbocycles. The fraction of sp³-hybridized carbons (Fsp3) is 0.364. The number of nitrogens with two attached hydrogens (primary N) is 1. The van der Waals surface area contributed by atoms with Gasteiger partial charge in [0, 0.05) is 23.2 Å². The van der Waals surface area contributed by atoms with E-state index in [1.54, 1.807) is 36.4 Å². The van der Waals surface area contributed by atoms with Gasteiger partial charge in [-0.3, -0.25) is 9.59 Å². The molecule has 0 unspecified atom stereocenters. The Labute approximate surface area is 174 Å². The number of fused-ring (bicyclic) bond motifs is 1. The van der Waals surface area contributed by atoms with Crippen molar-refractivity contribution in [1.29, 1.82) is 0 Å². The lowest BCUT2D eigenvalue weighted by Gasteiger charge is -2.26. The van der Waals surface area contributed by atoms with Crippen molar-refractivity contribution < 1.29 is 23.8 Å². The number of rotatable bonds is 5. The normalized spacial score (nSPS) is 19.8. The average Bonchev–Trinajstić information content (AvgIpc) is 3.23. The Morgan fingerprint density at radius 2 is 1.67 bits per heavy atom. The summed E-state index contributed by atoms with van der Waals surface area (Å²) in [7, 11) is 1.51. The second-order valence-corrected chi connectivity index (χ2v) is 7.52. The number of methoxy groups -OCH3 is 1. The molecular formula is C22H25N3O5. The molecule has 4 rings (SSSR count). The Kier molecular flexibility index (Phi) is 5.76. The minimum Gasteiger partial charge on any atom is -0.495 e. The summed E-state index contributed by atoms with van der Waals surface area (Å²) in [6.45, 7) is 0.137. The fourth-order valence-corrected chi connectivity index (χ4v) is 3.71. The number of carbonyl (C=O) groups is 2. The zero-order valence-corrected chi connectivity index (χ0v) is 16.8. The van der Waals surface area contributed by atoms with Crippen molar-refractivity contribution in [3.8, 4) is 17.2 Å². The molecule has 8 heteroatoms. The summed E-state index contributed by atoms with van der Waals surface area (Å²) in [5, 5.41) is 5.87. The first-order chi connectivity index (χ1) is 14.5. The molecule has 4 N–H and O–H groups in total. The SMILES string of the molecule is COc1ccc(C(=O)NC2CCC(N)CC2)cc1NC(=O)c1ccc2c(c1)OCO2. The third kappa shape index (κ3) is 4.33. The first-order valence-electron chi connectivity index (χ1n) is 9.99. The zero-order chi connectivity index (χ0) is 21.1. The molecule has 1 aliphatic heterocycles. The minimum atomic E-state index is -0.342. The molecule has 2 aromatic rings. The van der Waals surface area contributed by atoms with Crippen molar-refractivity contribution in [3.63, 3.8) is 0 Å². The summed E-state index contributed by atoms with van der Waals surface area (Å²) < 4.78 is 15.9. The van der Waals surface area contributed by atoms with Crippen LogP contribution in [0.15, 0.2) is 36.4 Å². The van der Waals surface area contributed by atoms with Gasteiger partial charge in [-0.2, -0.15) is 0 Å². The summed E-state index contributed by atoms with van der Waals surface area (Å²) in [5.74, 6) is 1.06. The first-order valence-corrected chi connectivity index (χ1v) is 9.99.